The molecular formula is C26H22N4O3S2. The van der Waals surface area contributed by atoms with Crippen LogP contribution in [0.2, 0.25) is 0 Å². The average molecular weight is 503 g/mol. The Morgan fingerprint density at radius 2 is 1.46 bits per heavy atom. The van der Waals surface area contributed by atoms with Gasteiger partial charge in [-0.25, -0.2) is 9.78 Å². The van der Waals surface area contributed by atoms with E-state index in [1.807, 2.05) is 54.6 Å². The molecule has 7 nitrogen and oxygen atoms in total. The molecule has 0 amide bonds. The summed E-state index contributed by atoms with van der Waals surface area (Å²) >= 11 is 6.02. The van der Waals surface area contributed by atoms with Crippen LogP contribution >= 0.6 is 23.6 Å². The van der Waals surface area contributed by atoms with Gasteiger partial charge in [-0.1, -0.05) is 108 Å². The molecule has 1 aromatic heterocycles. The SMILES string of the molecule is NC(=S)CO/N=C(\C(=O)O)c1csc(NC(c2ccccc2)(c2ccccc2)c2ccccc2)n1. The lowest BCUT2D eigenvalue weighted by molar-refractivity contribution is -0.129. The van der Waals surface area contributed by atoms with E-state index in [-0.39, 0.29) is 23.0 Å². The van der Waals surface area contributed by atoms with Crippen LogP contribution in [0.25, 0.3) is 0 Å². The topological polar surface area (TPSA) is 110 Å². The van der Waals surface area contributed by atoms with Gasteiger partial charge in [0.05, 0.1) is 0 Å². The number of carboxylic acids is 1. The van der Waals surface area contributed by atoms with Gasteiger partial charge in [0.25, 0.3) is 0 Å². The molecule has 176 valence electrons. The Balaban J connectivity index is 1.82. The number of thiazole rings is 1. The Bertz CT molecular complexity index is 1230. The van der Waals surface area contributed by atoms with Crippen LogP contribution in [-0.2, 0) is 15.2 Å². The smallest absolute Gasteiger partial charge is 0.360 e. The monoisotopic (exact) mass is 502 g/mol. The Morgan fingerprint density at radius 1 is 0.971 bits per heavy atom. The first-order valence-corrected chi connectivity index (χ1v) is 11.9. The van der Waals surface area contributed by atoms with Gasteiger partial charge >= 0.3 is 5.97 Å². The summed E-state index contributed by atoms with van der Waals surface area (Å²) in [6, 6.07) is 30.1. The molecule has 0 spiro atoms. The average Bonchev–Trinajstić information content (AvgIpc) is 3.34. The number of carboxylic acid groups (broad SMARTS) is 1. The van der Waals surface area contributed by atoms with Gasteiger partial charge in [0, 0.05) is 5.38 Å². The lowest BCUT2D eigenvalue weighted by Crippen LogP contribution is -2.38. The molecule has 0 saturated heterocycles. The standard InChI is InChI=1S/C26H22N4O3S2/c27-22(34)16-33-30-23(24(31)32)21-17-35-25(28-21)29-26(18-10-4-1-5-11-18,19-12-6-2-7-13-19)20-14-8-3-9-15-20/h1-15,17H,16H2,(H2,27,34)(H,28,29)(H,31,32)/b30-23-. The second kappa shape index (κ2) is 10.9. The first-order valence-electron chi connectivity index (χ1n) is 10.6. The molecule has 9 heteroatoms. The highest BCUT2D eigenvalue weighted by molar-refractivity contribution is 7.80. The minimum Gasteiger partial charge on any atom is -0.476 e. The molecule has 3 aromatic carbocycles. The minimum absolute atomic E-state index is 0.0671. The molecular weight excluding hydrogens is 480 g/mol. The molecule has 4 aromatic rings. The van der Waals surface area contributed by atoms with E-state index >= 15 is 0 Å². The van der Waals surface area contributed by atoms with Crippen LogP contribution in [0.15, 0.2) is 102 Å². The van der Waals surface area contributed by atoms with E-state index in [2.05, 4.69) is 51.9 Å². The quantitative estimate of drug-likeness (QED) is 0.125. The number of nitrogens with two attached hydrogens (primary N) is 1. The summed E-state index contributed by atoms with van der Waals surface area (Å²) in [4.78, 5) is 21.4. The van der Waals surface area contributed by atoms with E-state index in [9.17, 15) is 9.90 Å². The van der Waals surface area contributed by atoms with Gasteiger partial charge in [0.2, 0.25) is 5.71 Å². The Labute approximate surface area is 211 Å². The number of aliphatic carboxylic acids is 1. The number of nitrogens with one attached hydrogen (secondary N) is 1. The molecule has 0 unspecified atom stereocenters. The van der Waals surface area contributed by atoms with Gasteiger partial charge in [-0.15, -0.1) is 11.3 Å². The molecule has 0 fully saturated rings. The van der Waals surface area contributed by atoms with Crippen molar-refractivity contribution in [3.63, 3.8) is 0 Å². The summed E-state index contributed by atoms with van der Waals surface area (Å²) in [5.41, 5.74) is 7.44. The van der Waals surface area contributed by atoms with E-state index in [0.717, 1.165) is 16.7 Å². The van der Waals surface area contributed by atoms with Crippen molar-refractivity contribution in [2.75, 3.05) is 11.9 Å². The third-order valence-electron chi connectivity index (χ3n) is 5.23. The summed E-state index contributed by atoms with van der Waals surface area (Å²) in [7, 11) is 0. The predicted octanol–water partition coefficient (Wildman–Crippen LogP) is 4.64. The summed E-state index contributed by atoms with van der Waals surface area (Å²) in [5, 5.41) is 19.1. The Kier molecular flexibility index (Phi) is 7.49. The van der Waals surface area contributed by atoms with Crippen LogP contribution < -0.4 is 11.1 Å². The van der Waals surface area contributed by atoms with Crippen LogP contribution in [0, 0.1) is 0 Å². The molecule has 4 N–H and O–H groups in total. The summed E-state index contributed by atoms with van der Waals surface area (Å²) in [6.07, 6.45) is 0. The van der Waals surface area contributed by atoms with Crippen molar-refractivity contribution in [3.05, 3.63) is 119 Å². The number of anilines is 1. The third-order valence-corrected chi connectivity index (χ3v) is 6.10. The van der Waals surface area contributed by atoms with Crippen molar-refractivity contribution in [1.29, 1.82) is 0 Å². The molecule has 1 heterocycles. The predicted molar refractivity (Wildman–Crippen MR) is 142 cm³/mol. The first-order chi connectivity index (χ1) is 17.0. The molecule has 0 aliphatic rings. The van der Waals surface area contributed by atoms with Gasteiger partial charge in [0.15, 0.2) is 11.7 Å². The van der Waals surface area contributed by atoms with Crippen LogP contribution in [0.1, 0.15) is 22.4 Å². The zero-order valence-electron chi connectivity index (χ0n) is 18.5. The first kappa shape index (κ1) is 24.1. The molecule has 35 heavy (non-hydrogen) atoms. The molecule has 0 bridgehead atoms. The highest BCUT2D eigenvalue weighted by Gasteiger charge is 2.37. The van der Waals surface area contributed by atoms with Crippen molar-refractivity contribution in [1.82, 2.24) is 4.98 Å². The van der Waals surface area contributed by atoms with E-state index in [1.165, 1.54) is 11.3 Å². The zero-order chi connectivity index (χ0) is 24.7. The lowest BCUT2D eigenvalue weighted by atomic mass is 9.77. The van der Waals surface area contributed by atoms with E-state index in [1.54, 1.807) is 5.38 Å². The van der Waals surface area contributed by atoms with Gasteiger partial charge in [-0.05, 0) is 16.7 Å². The number of oxime groups is 1. The van der Waals surface area contributed by atoms with Crippen LogP contribution in [0.4, 0.5) is 5.13 Å². The molecule has 0 saturated carbocycles. The van der Waals surface area contributed by atoms with Crippen molar-refractivity contribution in [2.24, 2.45) is 10.9 Å². The van der Waals surface area contributed by atoms with Crippen molar-refractivity contribution in [2.45, 2.75) is 5.54 Å². The Hall–Kier alpha value is -4.08. The number of benzene rings is 3. The van der Waals surface area contributed by atoms with Gasteiger partial charge in [-0.3, -0.25) is 0 Å². The van der Waals surface area contributed by atoms with Gasteiger partial charge < -0.3 is 21.0 Å². The molecule has 4 rings (SSSR count). The number of hydrogen-bond donors (Lipinski definition) is 3. The van der Waals surface area contributed by atoms with E-state index in [4.69, 9.17) is 22.8 Å². The fourth-order valence-corrected chi connectivity index (χ4v) is 4.54. The van der Waals surface area contributed by atoms with Crippen LogP contribution in [0.5, 0.6) is 0 Å². The van der Waals surface area contributed by atoms with E-state index in [0.29, 0.717) is 5.13 Å². The van der Waals surface area contributed by atoms with Gasteiger partial charge in [-0.2, -0.15) is 0 Å². The van der Waals surface area contributed by atoms with E-state index < -0.39 is 11.5 Å². The minimum atomic E-state index is -1.27. The lowest BCUT2D eigenvalue weighted by Gasteiger charge is -2.36. The van der Waals surface area contributed by atoms with Crippen molar-refractivity contribution < 1.29 is 14.7 Å². The van der Waals surface area contributed by atoms with Crippen LogP contribution in [0.3, 0.4) is 0 Å². The van der Waals surface area contributed by atoms with Crippen molar-refractivity contribution in [3.8, 4) is 0 Å². The summed E-state index contributed by atoms with van der Waals surface area (Å²) < 4.78 is 0. The summed E-state index contributed by atoms with van der Waals surface area (Å²) in [5.74, 6) is -1.27. The maximum Gasteiger partial charge on any atom is 0.360 e. The molecule has 0 aliphatic heterocycles. The highest BCUT2D eigenvalue weighted by Crippen LogP contribution is 2.40. The Morgan fingerprint density at radius 3 is 1.89 bits per heavy atom. The molecule has 0 radical (unpaired) electrons. The second-order valence-corrected chi connectivity index (χ2v) is 8.88. The van der Waals surface area contributed by atoms with Crippen molar-refractivity contribution >= 4 is 45.4 Å². The fraction of sp³-hybridized carbons (Fsp3) is 0.0769. The number of nitrogens with zero attached hydrogens (tertiary/aromatic N) is 2. The van der Waals surface area contributed by atoms with Gasteiger partial charge in [0.1, 0.15) is 16.2 Å². The summed E-state index contributed by atoms with van der Waals surface area (Å²) in [6.45, 7) is -0.166. The number of rotatable bonds is 10. The molecule has 0 aliphatic carbocycles. The van der Waals surface area contributed by atoms with Crippen LogP contribution in [-0.4, -0.2) is 33.4 Å². The fourth-order valence-electron chi connectivity index (χ4n) is 3.74. The maximum atomic E-state index is 11.8. The second-order valence-electron chi connectivity index (χ2n) is 7.50. The largest absolute Gasteiger partial charge is 0.476 e. The zero-order valence-corrected chi connectivity index (χ0v) is 20.1. The number of thiocarbonyl (C=S) groups is 1. The highest BCUT2D eigenvalue weighted by atomic mass is 32.1. The molecule has 0 atom stereocenters. The number of aromatic nitrogens is 1. The normalized spacial score (nSPS) is 11.6. The third kappa shape index (κ3) is 5.37. The number of hydrogen-bond acceptors (Lipinski definition) is 7. The maximum absolute atomic E-state index is 11.8. The number of carbonyl (C=O) groups is 1.